The fourth-order valence-electron chi connectivity index (χ4n) is 2.78. The van der Waals surface area contributed by atoms with Crippen molar-refractivity contribution in [3.05, 3.63) is 47.5 Å². The van der Waals surface area contributed by atoms with E-state index >= 15 is 0 Å². The van der Waals surface area contributed by atoms with Crippen molar-refractivity contribution in [3.63, 3.8) is 0 Å². The third-order valence-electron chi connectivity index (χ3n) is 4.25. The third kappa shape index (κ3) is 5.04. The first kappa shape index (κ1) is 18.8. The fraction of sp³-hybridized carbons (Fsp3) is 0.350. The zero-order valence-corrected chi connectivity index (χ0v) is 15.5. The molecule has 0 atom stereocenters. The van der Waals surface area contributed by atoms with E-state index in [-0.39, 0.29) is 19.2 Å². The molecular formula is C20H24N2O5. The maximum Gasteiger partial charge on any atom is 0.234 e. The number of carbonyl (C=O) groups excluding carboxylic acids is 1. The van der Waals surface area contributed by atoms with Crippen LogP contribution in [0.25, 0.3) is 0 Å². The highest BCUT2D eigenvalue weighted by molar-refractivity contribution is 5.78. The first-order chi connectivity index (χ1) is 13.2. The molecule has 0 saturated carbocycles. The van der Waals surface area contributed by atoms with Gasteiger partial charge < -0.3 is 29.6 Å². The molecule has 3 rings (SSSR count). The van der Waals surface area contributed by atoms with E-state index in [0.717, 1.165) is 29.0 Å². The van der Waals surface area contributed by atoms with Crippen LogP contribution in [-0.4, -0.2) is 40.0 Å². The Morgan fingerprint density at radius 3 is 2.59 bits per heavy atom. The van der Waals surface area contributed by atoms with Gasteiger partial charge in [-0.05, 0) is 48.4 Å². The Hall–Kier alpha value is -2.93. The van der Waals surface area contributed by atoms with Crippen molar-refractivity contribution in [2.24, 2.45) is 0 Å². The Morgan fingerprint density at radius 2 is 1.78 bits per heavy atom. The number of nitrogens with one attached hydrogen (secondary N) is 2. The first-order valence-corrected chi connectivity index (χ1v) is 8.76. The van der Waals surface area contributed by atoms with E-state index in [9.17, 15) is 4.79 Å². The van der Waals surface area contributed by atoms with Crippen LogP contribution in [0.1, 0.15) is 11.1 Å². The number of fused-ring (bicyclic) bond motifs is 1. The second-order valence-electron chi connectivity index (χ2n) is 6.08. The van der Waals surface area contributed by atoms with Crippen molar-refractivity contribution in [2.75, 3.05) is 34.1 Å². The van der Waals surface area contributed by atoms with Crippen LogP contribution in [-0.2, 0) is 17.8 Å². The Bertz CT molecular complexity index is 794. The zero-order chi connectivity index (χ0) is 19.1. The minimum absolute atomic E-state index is 0.0556. The van der Waals surface area contributed by atoms with E-state index in [1.54, 1.807) is 14.2 Å². The van der Waals surface area contributed by atoms with Crippen LogP contribution in [0.3, 0.4) is 0 Å². The molecule has 27 heavy (non-hydrogen) atoms. The molecule has 2 N–H and O–H groups in total. The minimum Gasteiger partial charge on any atom is -0.493 e. The fourth-order valence-corrected chi connectivity index (χ4v) is 2.78. The van der Waals surface area contributed by atoms with Crippen LogP contribution in [0.5, 0.6) is 23.0 Å². The smallest absolute Gasteiger partial charge is 0.234 e. The van der Waals surface area contributed by atoms with Crippen molar-refractivity contribution in [1.82, 2.24) is 10.6 Å². The summed E-state index contributed by atoms with van der Waals surface area (Å²) in [5.74, 6) is 2.81. The van der Waals surface area contributed by atoms with Crippen molar-refractivity contribution in [1.29, 1.82) is 0 Å². The van der Waals surface area contributed by atoms with Crippen molar-refractivity contribution in [3.8, 4) is 23.0 Å². The SMILES string of the molecule is COc1ccc(CCNCC(=O)NCc2ccc3c(c2)OCO3)cc1OC. The number of hydrogen-bond donors (Lipinski definition) is 2. The van der Waals surface area contributed by atoms with Crippen LogP contribution in [0.4, 0.5) is 0 Å². The number of hydrogen-bond acceptors (Lipinski definition) is 6. The van der Waals surface area contributed by atoms with Gasteiger partial charge in [0.2, 0.25) is 12.7 Å². The van der Waals surface area contributed by atoms with Gasteiger partial charge in [0.1, 0.15) is 0 Å². The van der Waals surface area contributed by atoms with Crippen molar-refractivity contribution in [2.45, 2.75) is 13.0 Å². The maximum atomic E-state index is 12.0. The van der Waals surface area contributed by atoms with Gasteiger partial charge in [0, 0.05) is 6.54 Å². The molecule has 0 aromatic heterocycles. The molecule has 0 saturated heterocycles. The number of carbonyl (C=O) groups is 1. The average Bonchev–Trinajstić information content (AvgIpc) is 3.17. The van der Waals surface area contributed by atoms with Gasteiger partial charge in [0.25, 0.3) is 0 Å². The highest BCUT2D eigenvalue weighted by Crippen LogP contribution is 2.32. The summed E-state index contributed by atoms with van der Waals surface area (Å²) in [5, 5.41) is 6.04. The van der Waals surface area contributed by atoms with Gasteiger partial charge in [-0.3, -0.25) is 4.79 Å². The number of methoxy groups -OCH3 is 2. The van der Waals surface area contributed by atoms with Gasteiger partial charge in [0.15, 0.2) is 23.0 Å². The molecule has 1 aliphatic rings. The molecule has 0 bridgehead atoms. The first-order valence-electron chi connectivity index (χ1n) is 8.76. The maximum absolute atomic E-state index is 12.0. The molecule has 7 heteroatoms. The lowest BCUT2D eigenvalue weighted by Crippen LogP contribution is -2.34. The molecule has 0 aliphatic carbocycles. The van der Waals surface area contributed by atoms with Crippen LogP contribution >= 0.6 is 0 Å². The van der Waals surface area contributed by atoms with E-state index in [0.29, 0.717) is 24.6 Å². The summed E-state index contributed by atoms with van der Waals surface area (Å²) in [4.78, 5) is 12.0. The van der Waals surface area contributed by atoms with Gasteiger partial charge in [-0.2, -0.15) is 0 Å². The summed E-state index contributed by atoms with van der Waals surface area (Å²) >= 11 is 0. The summed E-state index contributed by atoms with van der Waals surface area (Å²) in [6.07, 6.45) is 0.787. The summed E-state index contributed by atoms with van der Waals surface area (Å²) in [6.45, 7) is 1.65. The number of ether oxygens (including phenoxy) is 4. The zero-order valence-electron chi connectivity index (χ0n) is 15.5. The molecule has 0 fully saturated rings. The minimum atomic E-state index is -0.0556. The molecule has 144 valence electrons. The Kier molecular flexibility index (Phi) is 6.38. The van der Waals surface area contributed by atoms with Crippen LogP contribution in [0.15, 0.2) is 36.4 Å². The monoisotopic (exact) mass is 372 g/mol. The molecule has 1 aliphatic heterocycles. The molecular weight excluding hydrogens is 348 g/mol. The Labute approximate surface area is 158 Å². The van der Waals surface area contributed by atoms with Gasteiger partial charge in [0.05, 0.1) is 20.8 Å². The molecule has 0 unspecified atom stereocenters. The van der Waals surface area contributed by atoms with Gasteiger partial charge in [-0.15, -0.1) is 0 Å². The average molecular weight is 372 g/mol. The van der Waals surface area contributed by atoms with Crippen LogP contribution < -0.4 is 29.6 Å². The summed E-state index contributed by atoms with van der Waals surface area (Å²) < 4.78 is 21.1. The van der Waals surface area contributed by atoms with E-state index < -0.39 is 0 Å². The Balaban J connectivity index is 1.37. The Morgan fingerprint density at radius 1 is 1.00 bits per heavy atom. The van der Waals surface area contributed by atoms with Crippen LogP contribution in [0.2, 0.25) is 0 Å². The normalized spacial score (nSPS) is 11.9. The summed E-state index contributed by atoms with van der Waals surface area (Å²) in [5.41, 5.74) is 2.08. The van der Waals surface area contributed by atoms with E-state index in [2.05, 4.69) is 10.6 Å². The quantitative estimate of drug-likeness (QED) is 0.655. The third-order valence-corrected chi connectivity index (χ3v) is 4.25. The van der Waals surface area contributed by atoms with Gasteiger partial charge in [-0.25, -0.2) is 0 Å². The molecule has 2 aromatic carbocycles. The molecule has 2 aromatic rings. The second-order valence-corrected chi connectivity index (χ2v) is 6.08. The van der Waals surface area contributed by atoms with Crippen molar-refractivity contribution >= 4 is 5.91 Å². The lowest BCUT2D eigenvalue weighted by molar-refractivity contribution is -0.120. The van der Waals surface area contributed by atoms with Crippen LogP contribution in [0, 0.1) is 0 Å². The van der Waals surface area contributed by atoms with Crippen molar-refractivity contribution < 1.29 is 23.7 Å². The van der Waals surface area contributed by atoms with Gasteiger partial charge in [-0.1, -0.05) is 12.1 Å². The number of amides is 1. The predicted octanol–water partition coefficient (Wildman–Crippen LogP) is 1.88. The van der Waals surface area contributed by atoms with E-state index in [1.165, 1.54) is 0 Å². The highest BCUT2D eigenvalue weighted by atomic mass is 16.7. The molecule has 1 heterocycles. The summed E-state index contributed by atoms with van der Waals surface area (Å²) in [6, 6.07) is 11.5. The topological polar surface area (TPSA) is 78.1 Å². The number of rotatable bonds is 9. The molecule has 1 amide bonds. The highest BCUT2D eigenvalue weighted by Gasteiger charge is 2.13. The van der Waals surface area contributed by atoms with Gasteiger partial charge >= 0.3 is 0 Å². The number of benzene rings is 2. The predicted molar refractivity (Wildman–Crippen MR) is 101 cm³/mol. The van der Waals surface area contributed by atoms with E-state index in [4.69, 9.17) is 18.9 Å². The molecule has 0 radical (unpaired) electrons. The second kappa shape index (κ2) is 9.14. The molecule has 0 spiro atoms. The lowest BCUT2D eigenvalue weighted by atomic mass is 10.1. The summed E-state index contributed by atoms with van der Waals surface area (Å²) in [7, 11) is 3.23. The van der Waals surface area contributed by atoms with E-state index in [1.807, 2.05) is 36.4 Å². The largest absolute Gasteiger partial charge is 0.493 e. The molecule has 7 nitrogen and oxygen atoms in total. The standard InChI is InChI=1S/C20H24N2O5/c1-24-16-5-3-14(9-18(16)25-2)7-8-21-12-20(23)22-11-15-4-6-17-19(10-15)27-13-26-17/h3-6,9-10,21H,7-8,11-13H2,1-2H3,(H,22,23). The lowest BCUT2D eigenvalue weighted by Gasteiger charge is -2.10.